The molecule has 0 radical (unpaired) electrons. The Morgan fingerprint density at radius 3 is 2.65 bits per heavy atom. The van der Waals surface area contributed by atoms with Crippen molar-refractivity contribution in [2.24, 2.45) is 0 Å². The van der Waals surface area contributed by atoms with Gasteiger partial charge in [-0.15, -0.1) is 0 Å². The number of hydrogen-bond donors (Lipinski definition) is 2. The van der Waals surface area contributed by atoms with Crippen LogP contribution in [0, 0.1) is 0 Å². The molecule has 0 aliphatic carbocycles. The summed E-state index contributed by atoms with van der Waals surface area (Å²) in [6, 6.07) is 23.1. The Morgan fingerprint density at radius 1 is 1.03 bits per heavy atom. The van der Waals surface area contributed by atoms with Gasteiger partial charge in [0.05, 0.1) is 0 Å². The molecule has 3 aromatic rings. The highest BCUT2D eigenvalue weighted by Gasteiger charge is 2.26. The van der Waals surface area contributed by atoms with Crippen LogP contribution in [0.4, 0.5) is 0 Å². The second kappa shape index (κ2) is 10.2. The number of benzene rings is 3. The van der Waals surface area contributed by atoms with E-state index in [1.54, 1.807) is 0 Å². The zero-order valence-electron chi connectivity index (χ0n) is 20.0. The van der Waals surface area contributed by atoms with Crippen molar-refractivity contribution in [3.8, 4) is 11.1 Å². The van der Waals surface area contributed by atoms with E-state index in [2.05, 4.69) is 53.8 Å². The van der Waals surface area contributed by atoms with Crippen molar-refractivity contribution in [2.75, 3.05) is 20.1 Å². The van der Waals surface area contributed by atoms with Gasteiger partial charge in [0.25, 0.3) is 5.91 Å². The first-order valence-electron chi connectivity index (χ1n) is 12.6. The molecule has 1 amide bonds. The fraction of sp³-hybridized carbons (Fsp3) is 0.345. The fourth-order valence-electron chi connectivity index (χ4n) is 5.55. The predicted octanol–water partition coefficient (Wildman–Crippen LogP) is 4.23. The highest BCUT2D eigenvalue weighted by Crippen LogP contribution is 2.30. The summed E-state index contributed by atoms with van der Waals surface area (Å²) in [5.41, 5.74) is 7.82. The van der Waals surface area contributed by atoms with Gasteiger partial charge < -0.3 is 15.2 Å². The smallest absolute Gasteiger partial charge is 0.323 e. The van der Waals surface area contributed by atoms with E-state index in [1.807, 2.05) is 30.1 Å². The molecule has 0 spiro atoms. The zero-order valence-corrected chi connectivity index (χ0v) is 20.0. The maximum absolute atomic E-state index is 13.3. The zero-order chi connectivity index (χ0) is 23.5. The topological polar surface area (TPSA) is 52.6 Å². The Kier molecular flexibility index (Phi) is 6.84. The van der Waals surface area contributed by atoms with Crippen LogP contribution in [0.15, 0.2) is 66.7 Å². The highest BCUT2D eigenvalue weighted by molar-refractivity contribution is 6.67. The molecule has 0 bridgehead atoms. The van der Waals surface area contributed by atoms with Crippen molar-refractivity contribution in [1.82, 2.24) is 10.2 Å². The van der Waals surface area contributed by atoms with Crippen LogP contribution >= 0.6 is 0 Å². The lowest BCUT2D eigenvalue weighted by Crippen LogP contribution is -2.38. The van der Waals surface area contributed by atoms with Crippen LogP contribution in [0.1, 0.15) is 52.2 Å². The lowest BCUT2D eigenvalue weighted by molar-refractivity contribution is 0.0713. The molecular formula is C29H33BN2O2. The third-order valence-corrected chi connectivity index (χ3v) is 7.46. The second-order valence-corrected chi connectivity index (χ2v) is 9.74. The number of nitrogens with one attached hydrogen (secondary N) is 1. The van der Waals surface area contributed by atoms with Gasteiger partial charge in [-0.25, -0.2) is 0 Å². The van der Waals surface area contributed by atoms with E-state index >= 15 is 0 Å². The number of piperidine rings is 1. The lowest BCUT2D eigenvalue weighted by Gasteiger charge is -2.32. The van der Waals surface area contributed by atoms with E-state index in [9.17, 15) is 9.82 Å². The molecule has 3 aromatic carbocycles. The minimum absolute atomic E-state index is 0.113. The van der Waals surface area contributed by atoms with Gasteiger partial charge in [-0.2, -0.15) is 0 Å². The van der Waals surface area contributed by atoms with Gasteiger partial charge in [0.1, 0.15) is 0 Å². The van der Waals surface area contributed by atoms with Crippen molar-refractivity contribution in [3.05, 3.63) is 89.0 Å². The summed E-state index contributed by atoms with van der Waals surface area (Å²) in [5.74, 6) is 0.622. The Morgan fingerprint density at radius 2 is 1.82 bits per heavy atom. The number of likely N-dealkylation sites (tertiary alicyclic amines) is 1. The molecule has 5 rings (SSSR count). The average molecular weight is 452 g/mol. The summed E-state index contributed by atoms with van der Waals surface area (Å²) in [7, 11) is 1.97. The molecule has 2 N–H and O–H groups in total. The molecule has 0 unspecified atom stereocenters. The Balaban J connectivity index is 1.28. The molecule has 2 aliphatic heterocycles. The Hall–Kier alpha value is -2.89. The molecule has 1 saturated heterocycles. The third-order valence-electron chi connectivity index (χ3n) is 7.46. The molecule has 174 valence electrons. The first kappa shape index (κ1) is 22.9. The van der Waals surface area contributed by atoms with Crippen molar-refractivity contribution in [1.29, 1.82) is 0 Å². The molecule has 5 heteroatoms. The minimum Gasteiger partial charge on any atom is -0.446 e. The standard InChI is InChI=1S/C29H33BN2O2/c1-31-20-21-5-2-6-24(17-21)22-12-15-32(16-13-22)29(33)27-8-3-7-25(18-27)26-11-10-23-9-4-14-30(34)28(23)19-26/h2-3,5-8,10-11,17-19,22,31,34H,4,9,12-16,20H2,1H3. The molecule has 2 heterocycles. The predicted molar refractivity (Wildman–Crippen MR) is 140 cm³/mol. The van der Waals surface area contributed by atoms with Crippen molar-refractivity contribution in [3.63, 3.8) is 0 Å². The second-order valence-electron chi connectivity index (χ2n) is 9.74. The summed E-state index contributed by atoms with van der Waals surface area (Å²) in [6.07, 6.45) is 4.88. The molecule has 0 aromatic heterocycles. The monoisotopic (exact) mass is 452 g/mol. The normalized spacial score (nSPS) is 16.4. The minimum atomic E-state index is -0.381. The number of fused-ring (bicyclic) bond motifs is 1. The maximum atomic E-state index is 13.3. The summed E-state index contributed by atoms with van der Waals surface area (Å²) in [4.78, 5) is 15.3. The van der Waals surface area contributed by atoms with Gasteiger partial charge in [-0.05, 0) is 78.4 Å². The number of carbonyl (C=O) groups excluding carboxylic acids is 1. The van der Waals surface area contributed by atoms with Crippen LogP contribution in [0.2, 0.25) is 6.32 Å². The van der Waals surface area contributed by atoms with Crippen molar-refractivity contribution >= 4 is 18.3 Å². The van der Waals surface area contributed by atoms with Crippen LogP contribution in [0.3, 0.4) is 0 Å². The Bertz CT molecular complexity index is 1170. The van der Waals surface area contributed by atoms with Crippen molar-refractivity contribution < 1.29 is 9.82 Å². The average Bonchev–Trinajstić information content (AvgIpc) is 2.89. The van der Waals surface area contributed by atoms with E-state index in [-0.39, 0.29) is 12.8 Å². The molecule has 2 aliphatic rings. The van der Waals surface area contributed by atoms with Crippen LogP contribution in [0.5, 0.6) is 0 Å². The SMILES string of the molecule is CNCc1cccc(C2CCN(C(=O)c3cccc(-c4ccc5c(c4)B(O)CCC5)c3)CC2)c1. The molecule has 4 nitrogen and oxygen atoms in total. The fourth-order valence-corrected chi connectivity index (χ4v) is 5.55. The van der Waals surface area contributed by atoms with Gasteiger partial charge in [0.15, 0.2) is 0 Å². The molecule has 0 atom stereocenters. The van der Waals surface area contributed by atoms with E-state index in [0.717, 1.165) is 73.8 Å². The van der Waals surface area contributed by atoms with Gasteiger partial charge in [0.2, 0.25) is 0 Å². The van der Waals surface area contributed by atoms with Crippen molar-refractivity contribution in [2.45, 2.75) is 44.5 Å². The van der Waals surface area contributed by atoms with Crippen LogP contribution in [0.25, 0.3) is 11.1 Å². The number of amides is 1. The molecular weight excluding hydrogens is 419 g/mol. The van der Waals surface area contributed by atoms with Crippen LogP contribution in [-0.4, -0.2) is 42.9 Å². The highest BCUT2D eigenvalue weighted by atomic mass is 16.2. The van der Waals surface area contributed by atoms with E-state index in [4.69, 9.17) is 0 Å². The number of hydrogen-bond acceptors (Lipinski definition) is 3. The van der Waals surface area contributed by atoms with E-state index < -0.39 is 0 Å². The molecule has 0 saturated carbocycles. The van der Waals surface area contributed by atoms with E-state index in [1.165, 1.54) is 16.7 Å². The molecule has 34 heavy (non-hydrogen) atoms. The maximum Gasteiger partial charge on any atom is 0.323 e. The lowest BCUT2D eigenvalue weighted by atomic mass is 9.53. The van der Waals surface area contributed by atoms with Gasteiger partial charge in [-0.3, -0.25) is 4.79 Å². The van der Waals surface area contributed by atoms with E-state index in [0.29, 0.717) is 5.92 Å². The largest absolute Gasteiger partial charge is 0.446 e. The summed E-state index contributed by atoms with van der Waals surface area (Å²) < 4.78 is 0. The summed E-state index contributed by atoms with van der Waals surface area (Å²) >= 11 is 0. The summed E-state index contributed by atoms with van der Waals surface area (Å²) in [5, 5.41) is 13.6. The first-order chi connectivity index (χ1) is 16.6. The van der Waals surface area contributed by atoms with Crippen LogP contribution < -0.4 is 10.8 Å². The summed E-state index contributed by atoms with van der Waals surface area (Å²) in [6.45, 7) is 2.07. The van der Waals surface area contributed by atoms with Gasteiger partial charge in [0, 0.05) is 25.2 Å². The van der Waals surface area contributed by atoms with Gasteiger partial charge >= 0.3 is 6.92 Å². The number of aryl methyl sites for hydroxylation is 1. The first-order valence-corrected chi connectivity index (χ1v) is 12.6. The number of carbonyl (C=O) groups is 1. The Labute approximate surface area is 203 Å². The molecule has 1 fully saturated rings. The number of nitrogens with zero attached hydrogens (tertiary/aromatic N) is 1. The van der Waals surface area contributed by atoms with Crippen LogP contribution in [-0.2, 0) is 13.0 Å². The van der Waals surface area contributed by atoms with Gasteiger partial charge in [-0.1, -0.05) is 66.6 Å². The quantitative estimate of drug-likeness (QED) is 0.570. The third kappa shape index (κ3) is 4.82. The number of rotatable bonds is 5.